The summed E-state index contributed by atoms with van der Waals surface area (Å²) in [5, 5.41) is 2.81. The van der Waals surface area contributed by atoms with E-state index in [0.29, 0.717) is 18.5 Å². The number of nitrogens with one attached hydrogen (secondary N) is 1. The maximum absolute atomic E-state index is 6.14. The Kier molecular flexibility index (Phi) is 5.97. The summed E-state index contributed by atoms with van der Waals surface area (Å²) < 4.78 is 5.57. The Hall–Kier alpha value is -2.71. The molecule has 3 heterocycles. The van der Waals surface area contributed by atoms with Gasteiger partial charge < -0.3 is 15.5 Å². The molecule has 1 saturated heterocycles. The summed E-state index contributed by atoms with van der Waals surface area (Å²) in [6, 6.07) is 14.7. The number of methoxy groups -OCH3 is 1. The van der Waals surface area contributed by atoms with Crippen molar-refractivity contribution in [2.24, 2.45) is 0 Å². The molecule has 166 valence electrons. The normalized spacial score (nSPS) is 18.0. The number of nitrogen functional groups attached to an aromatic ring is 1. The van der Waals surface area contributed by atoms with Crippen LogP contribution in [0, 0.1) is 0 Å². The van der Waals surface area contributed by atoms with Crippen LogP contribution in [-0.2, 0) is 17.8 Å². The van der Waals surface area contributed by atoms with Crippen molar-refractivity contribution in [1.29, 1.82) is 0 Å². The molecule has 7 nitrogen and oxygen atoms in total. The number of benzene rings is 2. The van der Waals surface area contributed by atoms with Crippen molar-refractivity contribution in [1.82, 2.24) is 24.8 Å². The largest absolute Gasteiger partial charge is 0.383 e. The van der Waals surface area contributed by atoms with E-state index < -0.39 is 0 Å². The van der Waals surface area contributed by atoms with Crippen LogP contribution >= 0.6 is 11.6 Å². The number of piperazine rings is 1. The summed E-state index contributed by atoms with van der Waals surface area (Å²) in [6.07, 6.45) is 1.52. The summed E-state index contributed by atoms with van der Waals surface area (Å²) in [5.74, 6) is 0.520. The molecule has 0 spiro atoms. The van der Waals surface area contributed by atoms with E-state index in [4.69, 9.17) is 22.1 Å². The number of fused-ring (bicyclic) bond motifs is 2. The Morgan fingerprint density at radius 2 is 2.03 bits per heavy atom. The minimum atomic E-state index is 0.318. The fourth-order valence-corrected chi connectivity index (χ4v) is 4.79. The van der Waals surface area contributed by atoms with Crippen LogP contribution < -0.4 is 5.73 Å². The minimum absolute atomic E-state index is 0.318. The van der Waals surface area contributed by atoms with Crippen LogP contribution in [0.5, 0.6) is 0 Å². The van der Waals surface area contributed by atoms with Gasteiger partial charge in [0.1, 0.15) is 12.1 Å². The molecule has 2 aromatic carbocycles. The third-order valence-corrected chi connectivity index (χ3v) is 6.43. The fourth-order valence-electron chi connectivity index (χ4n) is 4.61. The third-order valence-electron chi connectivity index (χ3n) is 6.20. The van der Waals surface area contributed by atoms with E-state index >= 15 is 0 Å². The van der Waals surface area contributed by atoms with E-state index in [1.807, 2.05) is 24.3 Å². The number of nitrogens with two attached hydrogens (primary N) is 1. The predicted molar refractivity (Wildman–Crippen MR) is 129 cm³/mol. The van der Waals surface area contributed by atoms with Crippen molar-refractivity contribution < 1.29 is 4.74 Å². The quantitative estimate of drug-likeness (QED) is 0.466. The Morgan fingerprint density at radius 3 is 2.91 bits per heavy atom. The van der Waals surface area contributed by atoms with Gasteiger partial charge in [-0.15, -0.1) is 0 Å². The average Bonchev–Trinajstić information content (AvgIpc) is 3.17. The number of anilines is 1. The molecular weight excluding hydrogens is 424 g/mol. The highest BCUT2D eigenvalue weighted by atomic mass is 35.5. The number of hydrogen-bond donors (Lipinski definition) is 2. The monoisotopic (exact) mass is 450 g/mol. The fraction of sp³-hybridized carbons (Fsp3) is 0.333. The molecule has 0 saturated carbocycles. The average molecular weight is 451 g/mol. The predicted octanol–water partition coefficient (Wildman–Crippen LogP) is 3.68. The highest BCUT2D eigenvalue weighted by Gasteiger charge is 2.27. The van der Waals surface area contributed by atoms with Crippen LogP contribution in [0.2, 0.25) is 5.02 Å². The lowest BCUT2D eigenvalue weighted by atomic mass is 10.1. The Labute approximate surface area is 192 Å². The number of ether oxygens (including phenoxy) is 1. The van der Waals surface area contributed by atoms with Crippen LogP contribution in [0.1, 0.15) is 11.3 Å². The molecule has 2 aromatic heterocycles. The molecule has 1 aliphatic heterocycles. The number of aromatic amines is 1. The number of aromatic nitrogens is 3. The standard InChI is InChI=1S/C24H27ClN6O/c1-32-14-20-13-30(12-19-10-17-9-18(25)3-5-22(17)29-19)6-7-31(20)11-16-2-4-21-23(8-16)27-15-28-24(21)26/h2-5,8-10,15,20,29H,6-7,11-14H2,1H3,(H2,26,27,28). The van der Waals surface area contributed by atoms with E-state index in [1.54, 1.807) is 7.11 Å². The van der Waals surface area contributed by atoms with Gasteiger partial charge in [-0.2, -0.15) is 0 Å². The van der Waals surface area contributed by atoms with Gasteiger partial charge in [0.15, 0.2) is 0 Å². The Bertz CT molecular complexity index is 1240. The summed E-state index contributed by atoms with van der Waals surface area (Å²) in [4.78, 5) is 17.0. The third kappa shape index (κ3) is 4.42. The smallest absolute Gasteiger partial charge is 0.134 e. The van der Waals surface area contributed by atoms with Crippen molar-refractivity contribution in [3.8, 4) is 0 Å². The second-order valence-corrected chi connectivity index (χ2v) is 8.89. The Morgan fingerprint density at radius 1 is 1.12 bits per heavy atom. The lowest BCUT2D eigenvalue weighted by molar-refractivity contribution is 0.0174. The second kappa shape index (κ2) is 9.03. The maximum atomic E-state index is 6.14. The summed E-state index contributed by atoms with van der Waals surface area (Å²) >= 11 is 6.14. The molecular formula is C24H27ClN6O. The van der Waals surface area contributed by atoms with E-state index in [2.05, 4.69) is 43.0 Å². The number of nitrogens with zero attached hydrogens (tertiary/aromatic N) is 4. The lowest BCUT2D eigenvalue weighted by Gasteiger charge is -2.41. The maximum Gasteiger partial charge on any atom is 0.134 e. The van der Waals surface area contributed by atoms with E-state index in [9.17, 15) is 0 Å². The van der Waals surface area contributed by atoms with Crippen LogP contribution in [0.4, 0.5) is 5.82 Å². The first kappa shape index (κ1) is 21.2. The number of halogens is 1. The minimum Gasteiger partial charge on any atom is -0.383 e. The molecule has 1 aliphatic rings. The molecule has 0 radical (unpaired) electrons. The molecule has 1 fully saturated rings. The van der Waals surface area contributed by atoms with Gasteiger partial charge in [0.05, 0.1) is 12.1 Å². The summed E-state index contributed by atoms with van der Waals surface area (Å²) in [6.45, 7) is 5.36. The SMILES string of the molecule is COCC1CN(Cc2cc3cc(Cl)ccc3[nH]2)CCN1Cc1ccc2c(N)ncnc2c1. The first-order valence-corrected chi connectivity index (χ1v) is 11.2. The van der Waals surface area contributed by atoms with Crippen LogP contribution in [-0.4, -0.2) is 64.1 Å². The number of rotatable bonds is 6. The van der Waals surface area contributed by atoms with Crippen LogP contribution in [0.25, 0.3) is 21.8 Å². The van der Waals surface area contributed by atoms with Crippen LogP contribution in [0.15, 0.2) is 48.8 Å². The van der Waals surface area contributed by atoms with Gasteiger partial charge in [-0.25, -0.2) is 9.97 Å². The molecule has 5 rings (SSSR count). The molecule has 8 heteroatoms. The van der Waals surface area contributed by atoms with Gasteiger partial charge in [0.25, 0.3) is 0 Å². The summed E-state index contributed by atoms with van der Waals surface area (Å²) in [7, 11) is 1.77. The van der Waals surface area contributed by atoms with Crippen LogP contribution in [0.3, 0.4) is 0 Å². The second-order valence-electron chi connectivity index (χ2n) is 8.45. The van der Waals surface area contributed by atoms with Gasteiger partial charge in [-0.3, -0.25) is 9.80 Å². The van der Waals surface area contributed by atoms with Crippen molar-refractivity contribution in [2.75, 3.05) is 39.1 Å². The first-order chi connectivity index (χ1) is 15.6. The topological polar surface area (TPSA) is 83.3 Å². The van der Waals surface area contributed by atoms with Gasteiger partial charge >= 0.3 is 0 Å². The molecule has 3 N–H and O–H groups in total. The van der Waals surface area contributed by atoms with Gasteiger partial charge in [0, 0.05) is 72.9 Å². The zero-order valence-electron chi connectivity index (χ0n) is 18.1. The molecule has 0 aliphatic carbocycles. The van der Waals surface area contributed by atoms with E-state index in [-0.39, 0.29) is 0 Å². The molecule has 0 bridgehead atoms. The zero-order valence-corrected chi connectivity index (χ0v) is 18.8. The van der Waals surface area contributed by atoms with Gasteiger partial charge in [-0.05, 0) is 42.0 Å². The lowest BCUT2D eigenvalue weighted by Crippen LogP contribution is -2.54. The van der Waals surface area contributed by atoms with Crippen molar-refractivity contribution in [3.63, 3.8) is 0 Å². The van der Waals surface area contributed by atoms with Crippen molar-refractivity contribution >= 4 is 39.2 Å². The summed E-state index contributed by atoms with van der Waals surface area (Å²) in [5.41, 5.74) is 10.4. The Balaban J connectivity index is 1.28. The van der Waals surface area contributed by atoms with Gasteiger partial charge in [-0.1, -0.05) is 17.7 Å². The first-order valence-electron chi connectivity index (χ1n) is 10.8. The molecule has 0 amide bonds. The van der Waals surface area contributed by atoms with E-state index in [0.717, 1.165) is 59.6 Å². The van der Waals surface area contributed by atoms with E-state index in [1.165, 1.54) is 17.6 Å². The zero-order chi connectivity index (χ0) is 22.1. The van der Waals surface area contributed by atoms with Gasteiger partial charge in [0.2, 0.25) is 0 Å². The number of H-pyrrole nitrogens is 1. The molecule has 32 heavy (non-hydrogen) atoms. The molecule has 4 aromatic rings. The van der Waals surface area contributed by atoms with Crippen molar-refractivity contribution in [2.45, 2.75) is 19.1 Å². The molecule has 1 unspecified atom stereocenters. The molecule has 1 atom stereocenters. The van der Waals surface area contributed by atoms with Crippen molar-refractivity contribution in [3.05, 3.63) is 65.1 Å². The number of hydrogen-bond acceptors (Lipinski definition) is 6. The highest BCUT2D eigenvalue weighted by molar-refractivity contribution is 6.31. The highest BCUT2D eigenvalue weighted by Crippen LogP contribution is 2.23.